The number of pyridine rings is 1. The van der Waals surface area contributed by atoms with Crippen molar-refractivity contribution in [1.29, 1.82) is 0 Å². The normalized spacial score (nSPS) is 16.0. The molecule has 1 saturated heterocycles. The summed E-state index contributed by atoms with van der Waals surface area (Å²) >= 11 is 0. The summed E-state index contributed by atoms with van der Waals surface area (Å²) in [5, 5.41) is 1.10. The summed E-state index contributed by atoms with van der Waals surface area (Å²) in [5.41, 5.74) is 2.48. The van der Waals surface area contributed by atoms with E-state index in [4.69, 9.17) is 4.74 Å². The van der Waals surface area contributed by atoms with Crippen molar-refractivity contribution in [2.45, 2.75) is 20.8 Å². The Morgan fingerprint density at radius 2 is 1.96 bits per heavy atom. The van der Waals surface area contributed by atoms with Gasteiger partial charge in [-0.25, -0.2) is 4.98 Å². The number of nitrogens with zero attached hydrogens (tertiary/aromatic N) is 3. The largest absolute Gasteiger partial charge is 0.379 e. The summed E-state index contributed by atoms with van der Waals surface area (Å²) in [6, 6.07) is 9.86. The van der Waals surface area contributed by atoms with Crippen LogP contribution in [0.5, 0.6) is 0 Å². The summed E-state index contributed by atoms with van der Waals surface area (Å²) in [7, 11) is 1.87. The van der Waals surface area contributed by atoms with Crippen LogP contribution in [0.2, 0.25) is 0 Å². The van der Waals surface area contributed by atoms with E-state index in [2.05, 4.69) is 23.7 Å². The first-order valence-corrected chi connectivity index (χ1v) is 9.28. The molecule has 0 unspecified atom stereocenters. The Bertz CT molecular complexity index is 782. The Hall–Kier alpha value is -1.98. The van der Waals surface area contributed by atoms with Gasteiger partial charge in [0.05, 0.1) is 18.7 Å². The zero-order chi connectivity index (χ0) is 18.7. The van der Waals surface area contributed by atoms with Crippen molar-refractivity contribution in [3.63, 3.8) is 0 Å². The second kappa shape index (κ2) is 7.72. The Morgan fingerprint density at radius 1 is 1.27 bits per heavy atom. The molecule has 0 bridgehead atoms. The lowest BCUT2D eigenvalue weighted by Gasteiger charge is -2.37. The summed E-state index contributed by atoms with van der Waals surface area (Å²) in [6.45, 7) is 11.6. The van der Waals surface area contributed by atoms with E-state index in [1.807, 2.05) is 44.3 Å². The molecule has 1 amide bonds. The Morgan fingerprint density at radius 3 is 2.69 bits per heavy atom. The highest BCUT2D eigenvalue weighted by Gasteiger charge is 2.27. The monoisotopic (exact) mass is 355 g/mol. The molecule has 1 aliphatic heterocycles. The Balaban J connectivity index is 1.70. The number of aryl methyl sites for hydroxylation is 1. The molecule has 26 heavy (non-hydrogen) atoms. The summed E-state index contributed by atoms with van der Waals surface area (Å²) in [5.74, 6) is -0.0195. The van der Waals surface area contributed by atoms with E-state index in [1.54, 1.807) is 4.90 Å². The average Bonchev–Trinajstić information content (AvgIpc) is 2.61. The molecule has 0 N–H and O–H groups in total. The molecule has 2 aromatic rings. The molecule has 0 saturated carbocycles. The van der Waals surface area contributed by atoms with Crippen LogP contribution in [0.15, 0.2) is 30.3 Å². The number of aromatic nitrogens is 1. The SMILES string of the molecule is Cc1cc(C(=O)N(C)CC(C)(C)CN2CCOCC2)nc2ccccc12. The fourth-order valence-electron chi connectivity index (χ4n) is 3.78. The number of carbonyl (C=O) groups is 1. The van der Waals surface area contributed by atoms with Crippen LogP contribution >= 0.6 is 0 Å². The molecule has 140 valence electrons. The van der Waals surface area contributed by atoms with Crippen molar-refractivity contribution < 1.29 is 9.53 Å². The van der Waals surface area contributed by atoms with E-state index < -0.39 is 0 Å². The Labute approximate surface area is 156 Å². The highest BCUT2D eigenvalue weighted by atomic mass is 16.5. The molecule has 0 radical (unpaired) electrons. The van der Waals surface area contributed by atoms with Crippen molar-refractivity contribution in [3.05, 3.63) is 41.6 Å². The van der Waals surface area contributed by atoms with Crippen LogP contribution in [0.1, 0.15) is 29.9 Å². The van der Waals surface area contributed by atoms with Crippen LogP contribution in [-0.2, 0) is 4.74 Å². The van der Waals surface area contributed by atoms with E-state index >= 15 is 0 Å². The quantitative estimate of drug-likeness (QED) is 0.827. The minimum Gasteiger partial charge on any atom is -0.379 e. The number of morpholine rings is 1. The summed E-state index contributed by atoms with van der Waals surface area (Å²) in [6.07, 6.45) is 0. The molecule has 5 heteroatoms. The van der Waals surface area contributed by atoms with Gasteiger partial charge in [-0.3, -0.25) is 9.69 Å². The molecule has 3 rings (SSSR count). The smallest absolute Gasteiger partial charge is 0.272 e. The predicted octanol–water partition coefficient (Wildman–Crippen LogP) is 2.97. The number of hydrogen-bond donors (Lipinski definition) is 0. The first-order chi connectivity index (χ1) is 12.4. The van der Waals surface area contributed by atoms with E-state index in [9.17, 15) is 4.79 Å². The maximum absolute atomic E-state index is 12.9. The number of para-hydroxylation sites is 1. The first kappa shape index (κ1) is 18.8. The van der Waals surface area contributed by atoms with Crippen molar-refractivity contribution in [3.8, 4) is 0 Å². The van der Waals surface area contributed by atoms with Gasteiger partial charge in [-0.1, -0.05) is 32.0 Å². The zero-order valence-corrected chi connectivity index (χ0v) is 16.3. The minimum atomic E-state index is -0.0195. The van der Waals surface area contributed by atoms with Crippen molar-refractivity contribution in [2.24, 2.45) is 5.41 Å². The molecule has 1 aromatic carbocycles. The van der Waals surface area contributed by atoms with Crippen LogP contribution in [-0.4, -0.2) is 67.1 Å². The van der Waals surface area contributed by atoms with Gasteiger partial charge in [-0.15, -0.1) is 0 Å². The van der Waals surface area contributed by atoms with Gasteiger partial charge in [0.2, 0.25) is 0 Å². The third-order valence-electron chi connectivity index (χ3n) is 4.91. The second-order valence-electron chi connectivity index (χ2n) is 8.06. The Kier molecular flexibility index (Phi) is 5.58. The van der Waals surface area contributed by atoms with Gasteiger partial charge in [0.25, 0.3) is 5.91 Å². The van der Waals surface area contributed by atoms with E-state index in [1.165, 1.54) is 0 Å². The van der Waals surface area contributed by atoms with Gasteiger partial charge in [-0.2, -0.15) is 0 Å². The number of ether oxygens (including phenoxy) is 1. The third-order valence-corrected chi connectivity index (χ3v) is 4.91. The highest BCUT2D eigenvalue weighted by molar-refractivity contribution is 5.95. The lowest BCUT2D eigenvalue weighted by Crippen LogP contribution is -2.46. The van der Waals surface area contributed by atoms with Crippen LogP contribution < -0.4 is 0 Å². The number of carbonyl (C=O) groups excluding carboxylic acids is 1. The minimum absolute atomic E-state index is 0.00758. The fourth-order valence-corrected chi connectivity index (χ4v) is 3.78. The second-order valence-corrected chi connectivity index (χ2v) is 8.06. The molecule has 2 heterocycles. The summed E-state index contributed by atoms with van der Waals surface area (Å²) in [4.78, 5) is 21.7. The van der Waals surface area contributed by atoms with Gasteiger partial charge in [0.1, 0.15) is 5.69 Å². The van der Waals surface area contributed by atoms with Gasteiger partial charge < -0.3 is 9.64 Å². The fraction of sp³-hybridized carbons (Fsp3) is 0.524. The van der Waals surface area contributed by atoms with Crippen LogP contribution in [0, 0.1) is 12.3 Å². The number of fused-ring (bicyclic) bond motifs is 1. The van der Waals surface area contributed by atoms with E-state index in [0.717, 1.165) is 49.3 Å². The van der Waals surface area contributed by atoms with Gasteiger partial charge in [0, 0.05) is 38.6 Å². The standard InChI is InChI=1S/C21H29N3O2/c1-16-13-19(22-18-8-6-5-7-17(16)18)20(25)23(4)14-21(2,3)15-24-9-11-26-12-10-24/h5-8,13H,9-12,14-15H2,1-4H3. The van der Waals surface area contributed by atoms with Crippen LogP contribution in [0.3, 0.4) is 0 Å². The molecule has 0 aliphatic carbocycles. The van der Waals surface area contributed by atoms with Crippen molar-refractivity contribution in [1.82, 2.24) is 14.8 Å². The molecule has 1 aromatic heterocycles. The highest BCUT2D eigenvalue weighted by Crippen LogP contribution is 2.22. The van der Waals surface area contributed by atoms with Gasteiger partial charge in [0.15, 0.2) is 0 Å². The van der Waals surface area contributed by atoms with Gasteiger partial charge >= 0.3 is 0 Å². The third kappa shape index (κ3) is 4.40. The number of benzene rings is 1. The maximum atomic E-state index is 12.9. The lowest BCUT2D eigenvalue weighted by atomic mass is 9.91. The van der Waals surface area contributed by atoms with Crippen LogP contribution in [0.25, 0.3) is 10.9 Å². The molecular weight excluding hydrogens is 326 g/mol. The number of hydrogen-bond acceptors (Lipinski definition) is 4. The zero-order valence-electron chi connectivity index (χ0n) is 16.3. The van der Waals surface area contributed by atoms with Crippen LogP contribution in [0.4, 0.5) is 0 Å². The molecular formula is C21H29N3O2. The maximum Gasteiger partial charge on any atom is 0.272 e. The lowest BCUT2D eigenvalue weighted by molar-refractivity contribution is 0.0162. The van der Waals surface area contributed by atoms with Crippen molar-refractivity contribution in [2.75, 3.05) is 46.4 Å². The first-order valence-electron chi connectivity index (χ1n) is 9.28. The van der Waals surface area contributed by atoms with E-state index in [0.29, 0.717) is 12.2 Å². The molecule has 1 fully saturated rings. The molecule has 0 spiro atoms. The molecule has 1 aliphatic rings. The van der Waals surface area contributed by atoms with Crippen molar-refractivity contribution >= 4 is 16.8 Å². The summed E-state index contributed by atoms with van der Waals surface area (Å²) < 4.78 is 5.42. The molecule has 0 atom stereocenters. The number of amides is 1. The van der Waals surface area contributed by atoms with Gasteiger partial charge in [-0.05, 0) is 30.0 Å². The van der Waals surface area contributed by atoms with E-state index in [-0.39, 0.29) is 11.3 Å². The predicted molar refractivity (Wildman–Crippen MR) is 104 cm³/mol. The topological polar surface area (TPSA) is 45.7 Å². The number of rotatable bonds is 5. The molecule has 5 nitrogen and oxygen atoms in total. The average molecular weight is 355 g/mol.